The third-order valence-electron chi connectivity index (χ3n) is 9.81. The second-order valence-electron chi connectivity index (χ2n) is 13.3. The quantitative estimate of drug-likeness (QED) is 0.157. The Morgan fingerprint density at radius 3 is 2.46 bits per heavy atom. The highest BCUT2D eigenvalue weighted by molar-refractivity contribution is 6.42. The molecule has 1 unspecified atom stereocenters. The summed E-state index contributed by atoms with van der Waals surface area (Å²) in [5.74, 6) is 0.984. The maximum absolute atomic E-state index is 13.7. The largest absolute Gasteiger partial charge is 0.457 e. The zero-order valence-electron chi connectivity index (χ0n) is 29.3. The van der Waals surface area contributed by atoms with Gasteiger partial charge in [-0.2, -0.15) is 5.10 Å². The molecule has 0 radical (unpaired) electrons. The van der Waals surface area contributed by atoms with Crippen LogP contribution >= 0.6 is 23.2 Å². The summed E-state index contributed by atoms with van der Waals surface area (Å²) in [6.45, 7) is 5.83. The van der Waals surface area contributed by atoms with Crippen LogP contribution < -0.4 is 10.1 Å². The van der Waals surface area contributed by atoms with Crippen molar-refractivity contribution in [2.45, 2.75) is 58.5 Å². The molecule has 7 rings (SSSR count). The van der Waals surface area contributed by atoms with E-state index in [4.69, 9.17) is 27.9 Å². The summed E-state index contributed by atoms with van der Waals surface area (Å²) in [7, 11) is 1.86. The predicted molar refractivity (Wildman–Crippen MR) is 201 cm³/mol. The summed E-state index contributed by atoms with van der Waals surface area (Å²) in [5, 5.41) is 17.0. The number of carbonyl (C=O) groups excluding carboxylic acids is 2. The van der Waals surface area contributed by atoms with E-state index in [1.165, 1.54) is 6.20 Å². The van der Waals surface area contributed by atoms with Gasteiger partial charge in [0.2, 0.25) is 5.91 Å². The molecule has 13 heteroatoms. The zero-order valence-corrected chi connectivity index (χ0v) is 30.8. The molecule has 1 saturated carbocycles. The molecule has 0 bridgehead atoms. The average molecular weight is 738 g/mol. The first kappa shape index (κ1) is 35.2. The number of halogens is 2. The Bertz CT molecular complexity index is 2260. The van der Waals surface area contributed by atoms with Crippen molar-refractivity contribution in [1.29, 1.82) is 0 Å². The number of nitrogens with one attached hydrogen (secondary N) is 1. The van der Waals surface area contributed by atoms with Gasteiger partial charge in [0.1, 0.15) is 22.8 Å². The third kappa shape index (κ3) is 7.24. The molecule has 1 N–H and O–H groups in total. The van der Waals surface area contributed by atoms with E-state index in [0.29, 0.717) is 38.4 Å². The van der Waals surface area contributed by atoms with Gasteiger partial charge in [0, 0.05) is 47.2 Å². The Morgan fingerprint density at radius 1 is 0.962 bits per heavy atom. The topological polar surface area (TPSA) is 120 Å². The van der Waals surface area contributed by atoms with E-state index in [1.807, 2.05) is 98.2 Å². The molecule has 0 spiro atoms. The summed E-state index contributed by atoms with van der Waals surface area (Å²) in [4.78, 5) is 33.1. The highest BCUT2D eigenvalue weighted by Crippen LogP contribution is 2.38. The van der Waals surface area contributed by atoms with Crippen molar-refractivity contribution in [3.8, 4) is 22.8 Å². The molecular formula is C39H38Cl2N8O3. The summed E-state index contributed by atoms with van der Waals surface area (Å²) in [6.07, 6.45) is 6.65. The Hall–Kier alpha value is -5.26. The van der Waals surface area contributed by atoms with Gasteiger partial charge in [-0.25, -0.2) is 14.2 Å². The van der Waals surface area contributed by atoms with Crippen LogP contribution in [-0.2, 0) is 4.79 Å². The van der Waals surface area contributed by atoms with Gasteiger partial charge in [-0.15, -0.1) is 5.10 Å². The molecule has 266 valence electrons. The van der Waals surface area contributed by atoms with Gasteiger partial charge in [-0.3, -0.25) is 9.59 Å². The van der Waals surface area contributed by atoms with Gasteiger partial charge in [0.25, 0.3) is 5.91 Å². The third-order valence-corrected chi connectivity index (χ3v) is 10.5. The normalized spacial score (nSPS) is 16.4. The highest BCUT2D eigenvalue weighted by atomic mass is 35.5. The minimum Gasteiger partial charge on any atom is -0.457 e. The van der Waals surface area contributed by atoms with Crippen LogP contribution in [0.2, 0.25) is 10.0 Å². The maximum atomic E-state index is 13.7. The van der Waals surface area contributed by atoms with Crippen LogP contribution in [0.4, 0.5) is 5.69 Å². The molecule has 52 heavy (non-hydrogen) atoms. The molecule has 1 fully saturated rings. The van der Waals surface area contributed by atoms with Crippen molar-refractivity contribution < 1.29 is 14.3 Å². The summed E-state index contributed by atoms with van der Waals surface area (Å²) in [6, 6.07) is 22.2. The molecule has 1 atom stereocenters. The Kier molecular flexibility index (Phi) is 9.98. The van der Waals surface area contributed by atoms with Crippen LogP contribution in [0.3, 0.4) is 0 Å². The van der Waals surface area contributed by atoms with Crippen molar-refractivity contribution in [3.63, 3.8) is 0 Å². The predicted octanol–water partition coefficient (Wildman–Crippen LogP) is 8.91. The lowest BCUT2D eigenvalue weighted by atomic mass is 9.85. The van der Waals surface area contributed by atoms with Crippen molar-refractivity contribution in [2.75, 3.05) is 12.4 Å². The van der Waals surface area contributed by atoms with Crippen LogP contribution in [0.15, 0.2) is 85.2 Å². The van der Waals surface area contributed by atoms with E-state index in [-0.39, 0.29) is 29.8 Å². The number of amides is 2. The molecule has 11 nitrogen and oxygen atoms in total. The highest BCUT2D eigenvalue weighted by Gasteiger charge is 2.32. The van der Waals surface area contributed by atoms with E-state index < -0.39 is 0 Å². The van der Waals surface area contributed by atoms with Crippen molar-refractivity contribution in [2.24, 2.45) is 5.92 Å². The van der Waals surface area contributed by atoms with Gasteiger partial charge < -0.3 is 15.0 Å². The summed E-state index contributed by atoms with van der Waals surface area (Å²) < 4.78 is 9.75. The van der Waals surface area contributed by atoms with E-state index in [2.05, 4.69) is 25.7 Å². The molecule has 6 aromatic rings. The fraction of sp³-hybridized carbons (Fsp3) is 0.282. The average Bonchev–Trinajstić information content (AvgIpc) is 3.82. The standard InChI is InChI=1S/C39H38Cl2N8O3/c1-23-19-24(2)49-37(43-23)32(21-42-49)38(50)44-28-13-9-26(10-14-28)35-22-48(46-45-35)29-15-11-27(12-16-29)39(51)47(4)25(3)31-7-5-6-8-36(31)52-30-17-18-33(40)34(41)20-30/h5-10,13-14,17-22,25,27,29H,11-12,15-16H2,1-4H3,(H,44,50). The Labute approximate surface area is 311 Å². The van der Waals surface area contributed by atoms with Crippen molar-refractivity contribution in [3.05, 3.63) is 118 Å². The van der Waals surface area contributed by atoms with E-state index in [0.717, 1.165) is 53.9 Å². The molecular weight excluding hydrogens is 699 g/mol. The van der Waals surface area contributed by atoms with E-state index in [1.54, 1.807) is 22.7 Å². The Balaban J connectivity index is 0.944. The summed E-state index contributed by atoms with van der Waals surface area (Å²) in [5.41, 5.74) is 5.84. The molecule has 0 saturated heterocycles. The number of nitrogens with zero attached hydrogens (tertiary/aromatic N) is 7. The fourth-order valence-electron chi connectivity index (χ4n) is 6.80. The molecule has 3 aromatic heterocycles. The number of rotatable bonds is 9. The number of anilines is 1. The monoisotopic (exact) mass is 736 g/mol. The number of ether oxygens (including phenoxy) is 1. The van der Waals surface area contributed by atoms with Crippen LogP contribution in [0, 0.1) is 19.8 Å². The number of hydrogen-bond donors (Lipinski definition) is 1. The number of hydrogen-bond acceptors (Lipinski definition) is 7. The SMILES string of the molecule is Cc1cc(C)n2ncc(C(=O)Nc3ccc(-c4cn(C5CCC(C(=O)N(C)C(C)c6ccccc6Oc6ccc(Cl)c(Cl)c6)CC5)nn4)cc3)c2n1. The lowest BCUT2D eigenvalue weighted by Crippen LogP contribution is -2.37. The maximum Gasteiger partial charge on any atom is 0.261 e. The van der Waals surface area contributed by atoms with Gasteiger partial charge in [0.15, 0.2) is 5.65 Å². The van der Waals surface area contributed by atoms with Crippen molar-refractivity contribution >= 4 is 46.4 Å². The van der Waals surface area contributed by atoms with Crippen LogP contribution in [0.25, 0.3) is 16.9 Å². The van der Waals surface area contributed by atoms with Gasteiger partial charge in [0.05, 0.1) is 34.5 Å². The van der Waals surface area contributed by atoms with Crippen molar-refractivity contribution in [1.82, 2.24) is 34.5 Å². The van der Waals surface area contributed by atoms with Crippen LogP contribution in [0.5, 0.6) is 11.5 Å². The number of aromatic nitrogens is 6. The first-order valence-electron chi connectivity index (χ1n) is 17.2. The lowest BCUT2D eigenvalue weighted by molar-refractivity contribution is -0.137. The Morgan fingerprint density at radius 2 is 1.71 bits per heavy atom. The van der Waals surface area contributed by atoms with E-state index >= 15 is 0 Å². The minimum absolute atomic E-state index is 0.0813. The lowest BCUT2D eigenvalue weighted by Gasteiger charge is -2.33. The van der Waals surface area contributed by atoms with Gasteiger partial charge in [-0.1, -0.05) is 58.7 Å². The minimum atomic E-state index is -0.278. The molecule has 0 aliphatic heterocycles. The smallest absolute Gasteiger partial charge is 0.261 e. The number of para-hydroxylation sites is 1. The van der Waals surface area contributed by atoms with Crippen LogP contribution in [0.1, 0.15) is 72.0 Å². The molecule has 3 heterocycles. The van der Waals surface area contributed by atoms with E-state index in [9.17, 15) is 9.59 Å². The molecule has 3 aromatic carbocycles. The molecule has 1 aliphatic rings. The number of aryl methyl sites for hydroxylation is 2. The number of benzene rings is 3. The summed E-state index contributed by atoms with van der Waals surface area (Å²) >= 11 is 12.3. The molecule has 2 amide bonds. The first-order chi connectivity index (χ1) is 25.0. The van der Waals surface area contributed by atoms with Gasteiger partial charge >= 0.3 is 0 Å². The zero-order chi connectivity index (χ0) is 36.5. The number of carbonyl (C=O) groups is 2. The fourth-order valence-corrected chi connectivity index (χ4v) is 7.09. The second kappa shape index (κ2) is 14.8. The van der Waals surface area contributed by atoms with Gasteiger partial charge in [-0.05, 0) is 82.9 Å². The first-order valence-corrected chi connectivity index (χ1v) is 18.0. The second-order valence-corrected chi connectivity index (χ2v) is 14.1. The molecule has 1 aliphatic carbocycles. The number of fused-ring (bicyclic) bond motifs is 1. The van der Waals surface area contributed by atoms with Crippen LogP contribution in [-0.4, -0.2) is 53.4 Å².